The number of hydrogen-bond acceptors (Lipinski definition) is 5. The maximum absolute atomic E-state index is 12.3. The normalized spacial score (nSPS) is 10.8. The van der Waals surface area contributed by atoms with Crippen molar-refractivity contribution in [2.45, 2.75) is 25.9 Å². The molecular formula is C18H18ClN5OS. The Morgan fingerprint density at radius 3 is 2.58 bits per heavy atom. The lowest BCUT2D eigenvalue weighted by Gasteiger charge is -2.11. The fourth-order valence-corrected chi connectivity index (χ4v) is 3.46. The molecule has 0 aliphatic carbocycles. The predicted molar refractivity (Wildman–Crippen MR) is 104 cm³/mol. The molecule has 0 radical (unpaired) electrons. The first-order valence-corrected chi connectivity index (χ1v) is 9.36. The second-order valence-corrected chi connectivity index (χ2v) is 7.21. The number of benzene rings is 2. The Kier molecular flexibility index (Phi) is 5.58. The maximum atomic E-state index is 12.3. The van der Waals surface area contributed by atoms with Crippen molar-refractivity contribution in [3.63, 3.8) is 0 Å². The summed E-state index contributed by atoms with van der Waals surface area (Å²) in [6, 6.07) is 11.4. The Bertz CT molecular complexity index is 936. The van der Waals surface area contributed by atoms with Crippen molar-refractivity contribution in [3.05, 3.63) is 58.1 Å². The smallest absolute Gasteiger partial charge is 0.234 e. The number of anilines is 1. The maximum Gasteiger partial charge on any atom is 0.234 e. The Balaban J connectivity index is 1.72. The van der Waals surface area contributed by atoms with Crippen LogP contribution in [-0.2, 0) is 4.79 Å². The van der Waals surface area contributed by atoms with Crippen molar-refractivity contribution in [1.82, 2.24) is 20.2 Å². The summed E-state index contributed by atoms with van der Waals surface area (Å²) < 4.78 is 1.67. The highest BCUT2D eigenvalue weighted by atomic mass is 35.5. The van der Waals surface area contributed by atoms with Gasteiger partial charge in [-0.3, -0.25) is 4.79 Å². The minimum absolute atomic E-state index is 0.142. The standard InChI is InChI=1S/C18H18ClN5OS/c1-11-6-4-7-12(2)17(11)24-18(21-22-23-24)26-10-16(25)20-15-9-5-8-14(19)13(15)3/h4-9H,10H2,1-3H3,(H,20,25). The third kappa shape index (κ3) is 3.89. The average Bonchev–Trinajstić information content (AvgIpc) is 3.05. The van der Waals surface area contributed by atoms with E-state index in [1.807, 2.05) is 45.0 Å². The van der Waals surface area contributed by atoms with E-state index in [9.17, 15) is 4.79 Å². The molecule has 0 aliphatic rings. The minimum Gasteiger partial charge on any atom is -0.325 e. The van der Waals surface area contributed by atoms with Crippen LogP contribution in [0.1, 0.15) is 16.7 Å². The quantitative estimate of drug-likeness (QED) is 0.670. The topological polar surface area (TPSA) is 72.7 Å². The number of thioether (sulfide) groups is 1. The highest BCUT2D eigenvalue weighted by Crippen LogP contribution is 2.25. The lowest BCUT2D eigenvalue weighted by Crippen LogP contribution is -2.15. The molecule has 0 unspecified atom stereocenters. The number of nitrogens with zero attached hydrogens (tertiary/aromatic N) is 4. The molecule has 0 saturated carbocycles. The van der Waals surface area contributed by atoms with E-state index >= 15 is 0 Å². The fraction of sp³-hybridized carbons (Fsp3) is 0.222. The molecule has 0 saturated heterocycles. The molecule has 0 aliphatic heterocycles. The minimum atomic E-state index is -0.142. The van der Waals surface area contributed by atoms with Gasteiger partial charge in [-0.25, -0.2) is 0 Å². The Morgan fingerprint density at radius 2 is 1.85 bits per heavy atom. The zero-order valence-electron chi connectivity index (χ0n) is 14.7. The summed E-state index contributed by atoms with van der Waals surface area (Å²) in [7, 11) is 0. The van der Waals surface area contributed by atoms with Crippen LogP contribution in [0.5, 0.6) is 0 Å². The first-order chi connectivity index (χ1) is 12.5. The van der Waals surface area contributed by atoms with E-state index in [0.717, 1.165) is 22.4 Å². The number of halogens is 1. The second-order valence-electron chi connectivity index (χ2n) is 5.86. The van der Waals surface area contributed by atoms with Gasteiger partial charge in [0.05, 0.1) is 11.4 Å². The lowest BCUT2D eigenvalue weighted by molar-refractivity contribution is -0.113. The third-order valence-corrected chi connectivity index (χ3v) is 5.30. The van der Waals surface area contributed by atoms with E-state index < -0.39 is 0 Å². The van der Waals surface area contributed by atoms with E-state index in [1.165, 1.54) is 11.8 Å². The number of para-hydroxylation sites is 1. The van der Waals surface area contributed by atoms with Crippen LogP contribution in [0.15, 0.2) is 41.6 Å². The molecule has 0 bridgehead atoms. The molecule has 3 aromatic rings. The predicted octanol–water partition coefficient (Wildman–Crippen LogP) is 3.97. The van der Waals surface area contributed by atoms with Gasteiger partial charge in [0, 0.05) is 10.7 Å². The molecule has 6 nitrogen and oxygen atoms in total. The molecule has 0 fully saturated rings. The van der Waals surface area contributed by atoms with Gasteiger partial charge in [-0.05, 0) is 60.0 Å². The van der Waals surface area contributed by atoms with Gasteiger partial charge < -0.3 is 5.32 Å². The molecule has 3 rings (SSSR count). The SMILES string of the molecule is Cc1cccc(C)c1-n1nnnc1SCC(=O)Nc1cccc(Cl)c1C. The van der Waals surface area contributed by atoms with Crippen molar-refractivity contribution >= 4 is 35.0 Å². The molecule has 0 atom stereocenters. The number of aryl methyl sites for hydroxylation is 2. The largest absolute Gasteiger partial charge is 0.325 e. The van der Waals surface area contributed by atoms with Crippen LogP contribution >= 0.6 is 23.4 Å². The molecule has 8 heteroatoms. The summed E-state index contributed by atoms with van der Waals surface area (Å²) in [4.78, 5) is 12.3. The van der Waals surface area contributed by atoms with Gasteiger partial charge in [-0.15, -0.1) is 5.10 Å². The van der Waals surface area contributed by atoms with Crippen LogP contribution in [0.2, 0.25) is 5.02 Å². The molecule has 1 amide bonds. The van der Waals surface area contributed by atoms with Crippen LogP contribution in [0.25, 0.3) is 5.69 Å². The zero-order valence-corrected chi connectivity index (χ0v) is 16.2. The average molecular weight is 388 g/mol. The van der Waals surface area contributed by atoms with Crippen molar-refractivity contribution in [2.24, 2.45) is 0 Å². The molecule has 0 spiro atoms. The Hall–Kier alpha value is -2.38. The van der Waals surface area contributed by atoms with E-state index in [4.69, 9.17) is 11.6 Å². The summed E-state index contributed by atoms with van der Waals surface area (Å²) in [6.07, 6.45) is 0. The van der Waals surface area contributed by atoms with Gasteiger partial charge in [0.2, 0.25) is 11.1 Å². The number of aromatic nitrogens is 4. The number of amides is 1. The number of rotatable bonds is 5. The van der Waals surface area contributed by atoms with Gasteiger partial charge in [0.25, 0.3) is 0 Å². The molecule has 2 aromatic carbocycles. The van der Waals surface area contributed by atoms with E-state index in [2.05, 4.69) is 20.8 Å². The third-order valence-electron chi connectivity index (χ3n) is 3.97. The van der Waals surface area contributed by atoms with E-state index in [-0.39, 0.29) is 11.7 Å². The van der Waals surface area contributed by atoms with Crippen molar-refractivity contribution < 1.29 is 4.79 Å². The summed E-state index contributed by atoms with van der Waals surface area (Å²) in [6.45, 7) is 5.88. The molecular weight excluding hydrogens is 370 g/mol. The Morgan fingerprint density at radius 1 is 1.15 bits per heavy atom. The number of tetrazole rings is 1. The van der Waals surface area contributed by atoms with E-state index in [0.29, 0.717) is 15.9 Å². The van der Waals surface area contributed by atoms with Crippen LogP contribution in [0, 0.1) is 20.8 Å². The highest BCUT2D eigenvalue weighted by Gasteiger charge is 2.15. The van der Waals surface area contributed by atoms with Crippen molar-refractivity contribution in [2.75, 3.05) is 11.1 Å². The van der Waals surface area contributed by atoms with Gasteiger partial charge in [-0.1, -0.05) is 47.6 Å². The molecule has 134 valence electrons. The number of carbonyl (C=O) groups excluding carboxylic acids is 1. The van der Waals surface area contributed by atoms with Crippen molar-refractivity contribution in [1.29, 1.82) is 0 Å². The van der Waals surface area contributed by atoms with E-state index in [1.54, 1.807) is 16.8 Å². The van der Waals surface area contributed by atoms with Gasteiger partial charge in [0.1, 0.15) is 0 Å². The number of carbonyl (C=O) groups is 1. The van der Waals surface area contributed by atoms with Gasteiger partial charge >= 0.3 is 0 Å². The molecule has 1 aromatic heterocycles. The zero-order chi connectivity index (χ0) is 18.7. The first kappa shape index (κ1) is 18.4. The summed E-state index contributed by atoms with van der Waals surface area (Å²) in [5, 5.41) is 16.0. The number of hydrogen-bond donors (Lipinski definition) is 1. The number of nitrogens with one attached hydrogen (secondary N) is 1. The summed E-state index contributed by atoms with van der Waals surface area (Å²) in [5.41, 5.74) is 4.62. The second kappa shape index (κ2) is 7.88. The molecule has 1 N–H and O–H groups in total. The fourth-order valence-electron chi connectivity index (χ4n) is 2.61. The van der Waals surface area contributed by atoms with Crippen molar-refractivity contribution in [3.8, 4) is 5.69 Å². The van der Waals surface area contributed by atoms with Crippen LogP contribution in [0.4, 0.5) is 5.69 Å². The van der Waals surface area contributed by atoms with Crippen LogP contribution < -0.4 is 5.32 Å². The van der Waals surface area contributed by atoms with Gasteiger partial charge in [0.15, 0.2) is 0 Å². The summed E-state index contributed by atoms with van der Waals surface area (Å²) in [5.74, 6) is 0.0495. The monoisotopic (exact) mass is 387 g/mol. The van der Waals surface area contributed by atoms with Gasteiger partial charge in [-0.2, -0.15) is 4.68 Å². The first-order valence-electron chi connectivity index (χ1n) is 8.00. The molecule has 1 heterocycles. The Labute approximate surface area is 160 Å². The highest BCUT2D eigenvalue weighted by molar-refractivity contribution is 7.99. The summed E-state index contributed by atoms with van der Waals surface area (Å²) >= 11 is 7.37. The molecule has 26 heavy (non-hydrogen) atoms. The lowest BCUT2D eigenvalue weighted by atomic mass is 10.1. The van der Waals surface area contributed by atoms with Crippen LogP contribution in [-0.4, -0.2) is 31.9 Å². The van der Waals surface area contributed by atoms with Crippen LogP contribution in [0.3, 0.4) is 0 Å².